The van der Waals surface area contributed by atoms with Crippen LogP contribution in [0, 0.1) is 5.82 Å². The maximum absolute atomic E-state index is 13.9. The predicted octanol–water partition coefficient (Wildman–Crippen LogP) is 3.63. The molecule has 0 aliphatic heterocycles. The molecular weight excluding hydrogens is 379 g/mol. The van der Waals surface area contributed by atoms with E-state index in [4.69, 9.17) is 10.3 Å². The van der Waals surface area contributed by atoms with Crippen LogP contribution >= 0.6 is 11.8 Å². The second kappa shape index (κ2) is 7.81. The SMILES string of the molecule is CC(Sc1nnc(Cc2ccccc2F)n1N)c1nnc(-c2ccccc2)o1. The molecule has 0 spiro atoms. The molecular formula is C19H17FN6OS. The number of halogens is 1. The zero-order chi connectivity index (χ0) is 19.5. The average Bonchev–Trinajstić information content (AvgIpc) is 3.33. The first kappa shape index (κ1) is 18.2. The van der Waals surface area contributed by atoms with E-state index in [-0.39, 0.29) is 17.5 Å². The Balaban J connectivity index is 1.48. The molecule has 0 fully saturated rings. The summed E-state index contributed by atoms with van der Waals surface area (Å²) in [6.07, 6.45) is 0.254. The van der Waals surface area contributed by atoms with Crippen LogP contribution in [0.1, 0.15) is 29.5 Å². The monoisotopic (exact) mass is 396 g/mol. The molecule has 2 heterocycles. The average molecular weight is 396 g/mol. The predicted molar refractivity (Wildman–Crippen MR) is 103 cm³/mol. The van der Waals surface area contributed by atoms with Gasteiger partial charge in [0.25, 0.3) is 0 Å². The molecule has 1 unspecified atom stereocenters. The van der Waals surface area contributed by atoms with E-state index in [1.807, 2.05) is 37.3 Å². The Kier molecular flexibility index (Phi) is 5.07. The van der Waals surface area contributed by atoms with Crippen LogP contribution in [0.15, 0.2) is 64.2 Å². The second-order valence-corrected chi connectivity index (χ2v) is 7.42. The van der Waals surface area contributed by atoms with E-state index in [1.54, 1.807) is 18.2 Å². The Hall–Kier alpha value is -3.20. The van der Waals surface area contributed by atoms with Crippen molar-refractivity contribution in [1.82, 2.24) is 25.1 Å². The molecule has 4 aromatic rings. The maximum atomic E-state index is 13.9. The Morgan fingerprint density at radius 2 is 1.79 bits per heavy atom. The number of hydrogen-bond acceptors (Lipinski definition) is 7. The molecule has 7 nitrogen and oxygen atoms in total. The van der Waals surface area contributed by atoms with Crippen LogP contribution < -0.4 is 5.84 Å². The van der Waals surface area contributed by atoms with E-state index in [0.717, 1.165) is 5.56 Å². The molecule has 0 saturated heterocycles. The second-order valence-electron chi connectivity index (χ2n) is 6.11. The van der Waals surface area contributed by atoms with Crippen molar-refractivity contribution in [2.45, 2.75) is 23.8 Å². The standard InChI is InChI=1S/C19H17FN6OS/c1-12(17-23-24-18(27-17)13-7-3-2-4-8-13)28-19-25-22-16(26(19)21)11-14-9-5-6-10-15(14)20/h2-10,12H,11,21H2,1H3. The summed E-state index contributed by atoms with van der Waals surface area (Å²) < 4.78 is 21.0. The molecule has 142 valence electrons. The number of rotatable bonds is 6. The van der Waals surface area contributed by atoms with Gasteiger partial charge < -0.3 is 10.3 Å². The quantitative estimate of drug-likeness (QED) is 0.393. The van der Waals surface area contributed by atoms with Crippen molar-refractivity contribution in [2.75, 3.05) is 5.84 Å². The number of nitrogens with zero attached hydrogens (tertiary/aromatic N) is 5. The number of benzene rings is 2. The molecule has 0 aliphatic carbocycles. The van der Waals surface area contributed by atoms with E-state index in [1.165, 1.54) is 22.5 Å². The molecule has 4 rings (SSSR count). The molecule has 0 radical (unpaired) electrons. The van der Waals surface area contributed by atoms with Gasteiger partial charge in [-0.2, -0.15) is 0 Å². The fourth-order valence-electron chi connectivity index (χ4n) is 2.63. The third kappa shape index (κ3) is 3.74. The van der Waals surface area contributed by atoms with Crippen molar-refractivity contribution in [3.8, 4) is 11.5 Å². The Morgan fingerprint density at radius 3 is 2.57 bits per heavy atom. The molecule has 2 N–H and O–H groups in total. The third-order valence-corrected chi connectivity index (χ3v) is 5.18. The highest BCUT2D eigenvalue weighted by molar-refractivity contribution is 7.99. The summed E-state index contributed by atoms with van der Waals surface area (Å²) in [5, 5.41) is 16.7. The van der Waals surface area contributed by atoms with Crippen molar-refractivity contribution in [2.24, 2.45) is 0 Å². The zero-order valence-electron chi connectivity index (χ0n) is 15.0. The van der Waals surface area contributed by atoms with Gasteiger partial charge in [-0.25, -0.2) is 9.07 Å². The van der Waals surface area contributed by atoms with E-state index in [2.05, 4.69) is 20.4 Å². The maximum Gasteiger partial charge on any atom is 0.247 e. The van der Waals surface area contributed by atoms with Gasteiger partial charge in [0.05, 0.1) is 5.25 Å². The van der Waals surface area contributed by atoms with Gasteiger partial charge in [0.1, 0.15) is 5.82 Å². The Bertz CT molecular complexity index is 1080. The number of nitrogens with two attached hydrogens (primary N) is 1. The minimum absolute atomic E-state index is 0.183. The van der Waals surface area contributed by atoms with E-state index >= 15 is 0 Å². The minimum Gasteiger partial charge on any atom is -0.419 e. The molecule has 0 bridgehead atoms. The normalized spacial score (nSPS) is 12.2. The van der Waals surface area contributed by atoms with Crippen molar-refractivity contribution in [1.29, 1.82) is 0 Å². The Labute approximate surface area is 164 Å². The fraction of sp³-hybridized carbons (Fsp3) is 0.158. The fourth-order valence-corrected chi connectivity index (χ4v) is 3.44. The first-order valence-electron chi connectivity index (χ1n) is 8.60. The molecule has 0 saturated carbocycles. The minimum atomic E-state index is -0.299. The van der Waals surface area contributed by atoms with Gasteiger partial charge in [-0.1, -0.05) is 48.2 Å². The summed E-state index contributed by atoms with van der Waals surface area (Å²) in [6.45, 7) is 1.91. The lowest BCUT2D eigenvalue weighted by atomic mass is 10.1. The highest BCUT2D eigenvalue weighted by Gasteiger charge is 2.20. The summed E-state index contributed by atoms with van der Waals surface area (Å²) in [4.78, 5) is 0. The molecule has 1 atom stereocenters. The van der Waals surface area contributed by atoms with Gasteiger partial charge in [-0.05, 0) is 30.7 Å². The number of aromatic nitrogens is 5. The highest BCUT2D eigenvalue weighted by Crippen LogP contribution is 2.34. The van der Waals surface area contributed by atoms with Gasteiger partial charge in [-0.15, -0.1) is 20.4 Å². The van der Waals surface area contributed by atoms with E-state index in [0.29, 0.717) is 28.3 Å². The van der Waals surface area contributed by atoms with Crippen LogP contribution in [0.2, 0.25) is 0 Å². The lowest BCUT2D eigenvalue weighted by Crippen LogP contribution is -2.15. The number of hydrogen-bond donors (Lipinski definition) is 1. The van der Waals surface area contributed by atoms with Crippen molar-refractivity contribution >= 4 is 11.8 Å². The molecule has 0 aliphatic rings. The summed E-state index contributed by atoms with van der Waals surface area (Å²) in [7, 11) is 0. The molecule has 28 heavy (non-hydrogen) atoms. The summed E-state index contributed by atoms with van der Waals surface area (Å²) in [5.41, 5.74) is 1.36. The van der Waals surface area contributed by atoms with E-state index in [9.17, 15) is 4.39 Å². The van der Waals surface area contributed by atoms with Crippen LogP contribution in [0.3, 0.4) is 0 Å². The molecule has 0 amide bonds. The van der Waals surface area contributed by atoms with Crippen LogP contribution in [0.4, 0.5) is 4.39 Å². The Morgan fingerprint density at radius 1 is 1.04 bits per heavy atom. The van der Waals surface area contributed by atoms with Crippen molar-refractivity contribution in [3.63, 3.8) is 0 Å². The first-order valence-corrected chi connectivity index (χ1v) is 9.48. The van der Waals surface area contributed by atoms with Gasteiger partial charge in [0, 0.05) is 12.0 Å². The van der Waals surface area contributed by atoms with Crippen molar-refractivity contribution in [3.05, 3.63) is 77.7 Å². The topological polar surface area (TPSA) is 95.7 Å². The van der Waals surface area contributed by atoms with Gasteiger partial charge >= 0.3 is 0 Å². The van der Waals surface area contributed by atoms with E-state index < -0.39 is 0 Å². The lowest BCUT2D eigenvalue weighted by molar-refractivity contribution is 0.508. The van der Waals surface area contributed by atoms with Crippen LogP contribution in [-0.2, 0) is 6.42 Å². The number of nitrogen functional groups attached to an aromatic ring is 1. The van der Waals surface area contributed by atoms with Crippen LogP contribution in [0.5, 0.6) is 0 Å². The highest BCUT2D eigenvalue weighted by atomic mass is 32.2. The smallest absolute Gasteiger partial charge is 0.247 e. The van der Waals surface area contributed by atoms with Gasteiger partial charge in [-0.3, -0.25) is 0 Å². The third-order valence-electron chi connectivity index (χ3n) is 4.13. The summed E-state index contributed by atoms with van der Waals surface area (Å²) >= 11 is 1.34. The largest absolute Gasteiger partial charge is 0.419 e. The van der Waals surface area contributed by atoms with Crippen molar-refractivity contribution < 1.29 is 8.81 Å². The molecule has 2 aromatic heterocycles. The van der Waals surface area contributed by atoms with Crippen LogP contribution in [-0.4, -0.2) is 25.1 Å². The lowest BCUT2D eigenvalue weighted by Gasteiger charge is -2.07. The first-order chi connectivity index (χ1) is 13.6. The summed E-state index contributed by atoms with van der Waals surface area (Å²) in [5.74, 6) is 7.19. The van der Waals surface area contributed by atoms with Crippen LogP contribution in [0.25, 0.3) is 11.5 Å². The number of thioether (sulfide) groups is 1. The molecule has 2 aromatic carbocycles. The summed E-state index contributed by atoms with van der Waals surface area (Å²) in [6, 6.07) is 16.1. The van der Waals surface area contributed by atoms with Gasteiger partial charge in [0.15, 0.2) is 5.82 Å². The molecule has 9 heteroatoms. The van der Waals surface area contributed by atoms with Gasteiger partial charge in [0.2, 0.25) is 16.9 Å². The zero-order valence-corrected chi connectivity index (χ0v) is 15.8.